The van der Waals surface area contributed by atoms with Crippen molar-refractivity contribution in [3.8, 4) is 23.0 Å². The van der Waals surface area contributed by atoms with Gasteiger partial charge in [-0.2, -0.15) is 4.98 Å². The fraction of sp³-hybridized carbons (Fsp3) is 0.154. The van der Waals surface area contributed by atoms with Crippen LogP contribution in [0.5, 0.6) is 0 Å². The molecule has 0 amide bonds. The number of hydrogen-bond donors (Lipinski definition) is 1. The Kier molecular flexibility index (Phi) is 2.75. The minimum atomic E-state index is 0.499. The van der Waals surface area contributed by atoms with Crippen LogP contribution in [0.3, 0.4) is 0 Å². The van der Waals surface area contributed by atoms with Crippen LogP contribution >= 0.6 is 0 Å². The van der Waals surface area contributed by atoms with E-state index in [9.17, 15) is 0 Å². The molecular formula is C13H13N5O. The van der Waals surface area contributed by atoms with Gasteiger partial charge >= 0.3 is 0 Å². The second-order valence-electron chi connectivity index (χ2n) is 4.14. The lowest BCUT2D eigenvalue weighted by Gasteiger charge is -1.99. The van der Waals surface area contributed by atoms with Crippen molar-refractivity contribution >= 4 is 5.69 Å². The fourth-order valence-electron chi connectivity index (χ4n) is 1.80. The summed E-state index contributed by atoms with van der Waals surface area (Å²) in [5.41, 5.74) is 2.75. The molecule has 0 radical (unpaired) electrons. The molecule has 0 aliphatic carbocycles. The van der Waals surface area contributed by atoms with Crippen LogP contribution < -0.4 is 5.32 Å². The lowest BCUT2D eigenvalue weighted by atomic mass is 10.2. The summed E-state index contributed by atoms with van der Waals surface area (Å²) in [4.78, 5) is 8.42. The van der Waals surface area contributed by atoms with Crippen LogP contribution in [0, 0.1) is 0 Å². The maximum atomic E-state index is 5.28. The fourth-order valence-corrected chi connectivity index (χ4v) is 1.80. The van der Waals surface area contributed by atoms with Gasteiger partial charge in [0.05, 0.1) is 12.5 Å². The first-order chi connectivity index (χ1) is 9.28. The Morgan fingerprint density at radius 1 is 1.21 bits per heavy atom. The van der Waals surface area contributed by atoms with Crippen molar-refractivity contribution in [2.24, 2.45) is 7.05 Å². The predicted octanol–water partition coefficient (Wildman–Crippen LogP) is 2.18. The molecule has 0 unspecified atom stereocenters. The lowest BCUT2D eigenvalue weighted by molar-refractivity contribution is 0.432. The highest BCUT2D eigenvalue weighted by molar-refractivity contribution is 5.60. The third-order valence-electron chi connectivity index (χ3n) is 2.89. The molecule has 3 aromatic rings. The monoisotopic (exact) mass is 255 g/mol. The molecule has 0 atom stereocenters. The van der Waals surface area contributed by atoms with E-state index in [0.717, 1.165) is 16.9 Å². The van der Waals surface area contributed by atoms with Crippen molar-refractivity contribution in [2.45, 2.75) is 0 Å². The molecule has 0 saturated carbocycles. The maximum absolute atomic E-state index is 5.28. The topological polar surface area (TPSA) is 68.8 Å². The van der Waals surface area contributed by atoms with E-state index in [0.29, 0.717) is 11.7 Å². The molecule has 19 heavy (non-hydrogen) atoms. The van der Waals surface area contributed by atoms with Crippen LogP contribution in [0.15, 0.2) is 41.3 Å². The number of nitrogens with zero attached hydrogens (tertiary/aromatic N) is 4. The van der Waals surface area contributed by atoms with Crippen LogP contribution in [0.4, 0.5) is 5.69 Å². The van der Waals surface area contributed by atoms with E-state index in [-0.39, 0.29) is 0 Å². The van der Waals surface area contributed by atoms with E-state index in [2.05, 4.69) is 20.4 Å². The van der Waals surface area contributed by atoms with Gasteiger partial charge in [0.1, 0.15) is 5.69 Å². The van der Waals surface area contributed by atoms with Gasteiger partial charge in [0.25, 0.3) is 5.89 Å². The Morgan fingerprint density at radius 3 is 2.63 bits per heavy atom. The van der Waals surface area contributed by atoms with Crippen LogP contribution in [0.1, 0.15) is 0 Å². The summed E-state index contributed by atoms with van der Waals surface area (Å²) in [5, 5.41) is 7.04. The summed E-state index contributed by atoms with van der Waals surface area (Å²) in [7, 11) is 3.77. The van der Waals surface area contributed by atoms with E-state index in [1.165, 1.54) is 0 Å². The summed E-state index contributed by atoms with van der Waals surface area (Å²) in [6.45, 7) is 0. The van der Waals surface area contributed by atoms with Crippen LogP contribution in [0.25, 0.3) is 23.0 Å². The number of anilines is 1. The second kappa shape index (κ2) is 4.56. The molecule has 0 aliphatic rings. The number of nitrogens with one attached hydrogen (secondary N) is 1. The average Bonchev–Trinajstić information content (AvgIpc) is 3.07. The summed E-state index contributed by atoms with van der Waals surface area (Å²) in [6.07, 6.45) is 3.41. The van der Waals surface area contributed by atoms with E-state index in [1.54, 1.807) is 12.5 Å². The molecule has 6 nitrogen and oxygen atoms in total. The van der Waals surface area contributed by atoms with E-state index >= 15 is 0 Å². The zero-order valence-corrected chi connectivity index (χ0v) is 10.7. The molecular weight excluding hydrogens is 242 g/mol. The van der Waals surface area contributed by atoms with Crippen molar-refractivity contribution in [3.05, 3.63) is 36.8 Å². The molecule has 0 saturated heterocycles. The molecule has 2 aromatic heterocycles. The van der Waals surface area contributed by atoms with Crippen molar-refractivity contribution < 1.29 is 4.52 Å². The van der Waals surface area contributed by atoms with E-state index < -0.39 is 0 Å². The molecule has 3 rings (SSSR count). The Bertz CT molecular complexity index is 683. The first-order valence-corrected chi connectivity index (χ1v) is 5.86. The van der Waals surface area contributed by atoms with Crippen LogP contribution in [0.2, 0.25) is 0 Å². The predicted molar refractivity (Wildman–Crippen MR) is 71.5 cm³/mol. The standard InChI is InChI=1S/C13H13N5O/c1-14-10-5-3-9(4-6-10)13-16-12(17-19-13)11-7-15-8-18(11)2/h3-8,14H,1-2H3. The molecule has 1 N–H and O–H groups in total. The second-order valence-corrected chi connectivity index (χ2v) is 4.14. The molecule has 0 fully saturated rings. The van der Waals surface area contributed by atoms with E-state index in [1.807, 2.05) is 42.9 Å². The Hall–Kier alpha value is -2.63. The van der Waals surface area contributed by atoms with Gasteiger partial charge in [0.2, 0.25) is 5.82 Å². The minimum absolute atomic E-state index is 0.499. The first-order valence-electron chi connectivity index (χ1n) is 5.86. The first kappa shape index (κ1) is 11.5. The highest BCUT2D eigenvalue weighted by Crippen LogP contribution is 2.22. The highest BCUT2D eigenvalue weighted by atomic mass is 16.5. The maximum Gasteiger partial charge on any atom is 0.258 e. The zero-order valence-electron chi connectivity index (χ0n) is 10.7. The number of benzene rings is 1. The smallest absolute Gasteiger partial charge is 0.258 e. The van der Waals surface area contributed by atoms with Gasteiger partial charge in [-0.3, -0.25) is 0 Å². The number of hydrogen-bond acceptors (Lipinski definition) is 5. The third-order valence-corrected chi connectivity index (χ3v) is 2.89. The summed E-state index contributed by atoms with van der Waals surface area (Å²) in [5.74, 6) is 1.03. The molecule has 0 aliphatic heterocycles. The Balaban J connectivity index is 1.94. The van der Waals surface area contributed by atoms with Crippen molar-refractivity contribution in [1.82, 2.24) is 19.7 Å². The number of aromatic nitrogens is 4. The van der Waals surface area contributed by atoms with Gasteiger partial charge in [0.15, 0.2) is 0 Å². The summed E-state index contributed by atoms with van der Waals surface area (Å²) in [6, 6.07) is 7.80. The van der Waals surface area contributed by atoms with Crippen molar-refractivity contribution in [2.75, 3.05) is 12.4 Å². The van der Waals surface area contributed by atoms with Gasteiger partial charge in [-0.1, -0.05) is 5.16 Å². The molecule has 0 bridgehead atoms. The largest absolute Gasteiger partial charge is 0.388 e. The number of imidazole rings is 1. The highest BCUT2D eigenvalue weighted by Gasteiger charge is 2.12. The van der Waals surface area contributed by atoms with Crippen LogP contribution in [-0.4, -0.2) is 26.7 Å². The SMILES string of the molecule is CNc1ccc(-c2nc(-c3cncn3C)no2)cc1. The summed E-state index contributed by atoms with van der Waals surface area (Å²) < 4.78 is 7.13. The Morgan fingerprint density at radius 2 is 2.00 bits per heavy atom. The summed E-state index contributed by atoms with van der Waals surface area (Å²) >= 11 is 0. The van der Waals surface area contributed by atoms with Gasteiger partial charge in [-0.05, 0) is 24.3 Å². The minimum Gasteiger partial charge on any atom is -0.388 e. The normalized spacial score (nSPS) is 10.6. The van der Waals surface area contributed by atoms with E-state index in [4.69, 9.17) is 4.52 Å². The number of aryl methyl sites for hydroxylation is 1. The zero-order chi connectivity index (χ0) is 13.2. The molecule has 96 valence electrons. The molecule has 6 heteroatoms. The van der Waals surface area contributed by atoms with Crippen molar-refractivity contribution in [1.29, 1.82) is 0 Å². The molecule has 0 spiro atoms. The van der Waals surface area contributed by atoms with Gasteiger partial charge < -0.3 is 14.4 Å². The van der Waals surface area contributed by atoms with Gasteiger partial charge in [0, 0.05) is 25.3 Å². The lowest BCUT2D eigenvalue weighted by Crippen LogP contribution is -1.90. The van der Waals surface area contributed by atoms with Gasteiger partial charge in [-0.15, -0.1) is 0 Å². The quantitative estimate of drug-likeness (QED) is 0.776. The molecule has 2 heterocycles. The van der Waals surface area contributed by atoms with Crippen LogP contribution in [-0.2, 0) is 7.05 Å². The third kappa shape index (κ3) is 2.08. The average molecular weight is 255 g/mol. The Labute approximate surface area is 110 Å². The van der Waals surface area contributed by atoms with Crippen molar-refractivity contribution in [3.63, 3.8) is 0 Å². The van der Waals surface area contributed by atoms with Gasteiger partial charge in [-0.25, -0.2) is 4.98 Å². The number of rotatable bonds is 3. The molecule has 1 aromatic carbocycles.